The Morgan fingerprint density at radius 3 is 2.15 bits per heavy atom. The van der Waals surface area contributed by atoms with Gasteiger partial charge in [-0.25, -0.2) is 4.90 Å². The first-order valence-electron chi connectivity index (χ1n) is 8.51. The Balaban J connectivity index is 1.83. The van der Waals surface area contributed by atoms with E-state index in [2.05, 4.69) is 12.2 Å². The molecule has 0 atom stereocenters. The molecule has 0 saturated carbocycles. The van der Waals surface area contributed by atoms with Crippen molar-refractivity contribution in [3.63, 3.8) is 0 Å². The van der Waals surface area contributed by atoms with Crippen molar-refractivity contribution in [2.45, 2.75) is 26.2 Å². The van der Waals surface area contributed by atoms with E-state index in [4.69, 9.17) is 34.8 Å². The van der Waals surface area contributed by atoms with Crippen LogP contribution in [0.1, 0.15) is 25.3 Å². The molecule has 1 aliphatic heterocycles. The molecule has 27 heavy (non-hydrogen) atoms. The first kappa shape index (κ1) is 19.7. The second-order valence-corrected chi connectivity index (χ2v) is 7.44. The molecule has 4 nitrogen and oxygen atoms in total. The van der Waals surface area contributed by atoms with Gasteiger partial charge in [0.2, 0.25) is 0 Å². The van der Waals surface area contributed by atoms with Crippen LogP contribution < -0.4 is 10.2 Å². The normalized spacial score (nSPS) is 14.3. The highest BCUT2D eigenvalue weighted by Gasteiger charge is 2.38. The lowest BCUT2D eigenvalue weighted by molar-refractivity contribution is -0.120. The molecule has 0 aromatic heterocycles. The zero-order chi connectivity index (χ0) is 19.6. The molecule has 1 aliphatic rings. The average Bonchev–Trinajstić information content (AvgIpc) is 2.83. The van der Waals surface area contributed by atoms with E-state index in [0.717, 1.165) is 29.7 Å². The molecule has 0 aliphatic carbocycles. The highest BCUT2D eigenvalue weighted by Crippen LogP contribution is 2.31. The number of nitrogens with one attached hydrogen (secondary N) is 1. The number of anilines is 2. The number of carbonyl (C=O) groups excluding carboxylic acids is 2. The minimum atomic E-state index is -0.571. The van der Waals surface area contributed by atoms with Gasteiger partial charge in [0.15, 0.2) is 0 Å². The molecule has 0 bridgehead atoms. The topological polar surface area (TPSA) is 49.4 Å². The number of benzene rings is 2. The zero-order valence-electron chi connectivity index (χ0n) is 14.6. The SMILES string of the molecule is CCCCc1ccc(N2C(=O)C(Cl)=C(Nc3cc(Cl)cc(Cl)c3)C2=O)cc1. The summed E-state index contributed by atoms with van der Waals surface area (Å²) in [6.45, 7) is 2.13. The Morgan fingerprint density at radius 1 is 0.926 bits per heavy atom. The van der Waals surface area contributed by atoms with E-state index < -0.39 is 11.8 Å². The molecular formula is C20H17Cl3N2O2. The van der Waals surface area contributed by atoms with Gasteiger partial charge in [-0.1, -0.05) is 60.3 Å². The number of hydrogen-bond acceptors (Lipinski definition) is 3. The first-order valence-corrected chi connectivity index (χ1v) is 9.64. The van der Waals surface area contributed by atoms with Crippen LogP contribution in [0.5, 0.6) is 0 Å². The van der Waals surface area contributed by atoms with Crippen molar-refractivity contribution >= 4 is 58.0 Å². The summed E-state index contributed by atoms with van der Waals surface area (Å²) in [7, 11) is 0. The van der Waals surface area contributed by atoms with Crippen molar-refractivity contribution in [3.8, 4) is 0 Å². The molecule has 1 heterocycles. The van der Waals surface area contributed by atoms with E-state index in [-0.39, 0.29) is 10.7 Å². The van der Waals surface area contributed by atoms with Crippen LogP contribution in [0.15, 0.2) is 53.2 Å². The number of aryl methyl sites for hydroxylation is 1. The molecule has 140 valence electrons. The van der Waals surface area contributed by atoms with Crippen LogP contribution in [0, 0.1) is 0 Å². The van der Waals surface area contributed by atoms with Gasteiger partial charge in [0.1, 0.15) is 10.7 Å². The van der Waals surface area contributed by atoms with Crippen molar-refractivity contribution in [1.29, 1.82) is 0 Å². The molecule has 2 amide bonds. The summed E-state index contributed by atoms with van der Waals surface area (Å²) in [5.74, 6) is -1.10. The average molecular weight is 424 g/mol. The lowest BCUT2D eigenvalue weighted by Gasteiger charge is -2.15. The monoisotopic (exact) mass is 422 g/mol. The van der Waals surface area contributed by atoms with Gasteiger partial charge in [-0.3, -0.25) is 9.59 Å². The maximum Gasteiger partial charge on any atom is 0.283 e. The summed E-state index contributed by atoms with van der Waals surface area (Å²) in [6, 6.07) is 12.1. The minimum Gasteiger partial charge on any atom is -0.350 e. The van der Waals surface area contributed by atoms with Crippen LogP contribution in [0.4, 0.5) is 11.4 Å². The van der Waals surface area contributed by atoms with Crippen molar-refractivity contribution < 1.29 is 9.59 Å². The number of carbonyl (C=O) groups is 2. The summed E-state index contributed by atoms with van der Waals surface area (Å²) in [6.07, 6.45) is 3.15. The number of hydrogen-bond donors (Lipinski definition) is 1. The summed E-state index contributed by atoms with van der Waals surface area (Å²) < 4.78 is 0. The highest BCUT2D eigenvalue weighted by atomic mass is 35.5. The van der Waals surface area contributed by atoms with Gasteiger partial charge in [-0.2, -0.15) is 0 Å². The van der Waals surface area contributed by atoms with E-state index in [1.165, 1.54) is 0 Å². The maximum atomic E-state index is 12.8. The van der Waals surface area contributed by atoms with Gasteiger partial charge in [0, 0.05) is 15.7 Å². The fourth-order valence-corrected chi connectivity index (χ4v) is 3.55. The van der Waals surface area contributed by atoms with Gasteiger partial charge in [0.25, 0.3) is 11.8 Å². The number of halogens is 3. The fraction of sp³-hybridized carbons (Fsp3) is 0.200. The molecule has 0 fully saturated rings. The van der Waals surface area contributed by atoms with Crippen molar-refractivity contribution in [2.75, 3.05) is 10.2 Å². The standard InChI is InChI=1S/C20H17Cl3N2O2/c1-2-3-4-12-5-7-16(8-6-12)25-19(26)17(23)18(20(25)27)24-15-10-13(21)9-14(22)11-15/h5-11,24H,2-4H2,1H3. The number of amides is 2. The van der Waals surface area contributed by atoms with Gasteiger partial charge < -0.3 is 5.32 Å². The molecule has 2 aromatic carbocycles. The molecule has 3 rings (SSSR count). The summed E-state index contributed by atoms with van der Waals surface area (Å²) >= 11 is 18.1. The molecule has 0 spiro atoms. The first-order chi connectivity index (χ1) is 12.9. The number of nitrogens with zero attached hydrogens (tertiary/aromatic N) is 1. The predicted molar refractivity (Wildman–Crippen MR) is 111 cm³/mol. The Labute approximate surface area is 172 Å². The van der Waals surface area contributed by atoms with E-state index in [0.29, 0.717) is 21.4 Å². The lowest BCUT2D eigenvalue weighted by atomic mass is 10.1. The van der Waals surface area contributed by atoms with Crippen LogP contribution in [-0.4, -0.2) is 11.8 Å². The number of unbranched alkanes of at least 4 members (excludes halogenated alkanes) is 1. The van der Waals surface area contributed by atoms with Crippen LogP contribution in [0.2, 0.25) is 10.0 Å². The van der Waals surface area contributed by atoms with E-state index in [1.807, 2.05) is 12.1 Å². The largest absolute Gasteiger partial charge is 0.350 e. The zero-order valence-corrected chi connectivity index (χ0v) is 16.8. The molecule has 7 heteroatoms. The minimum absolute atomic E-state index is 0.00457. The molecule has 0 radical (unpaired) electrons. The molecular weight excluding hydrogens is 407 g/mol. The predicted octanol–water partition coefficient (Wildman–Crippen LogP) is 5.77. The van der Waals surface area contributed by atoms with Crippen LogP contribution in [0.25, 0.3) is 0 Å². The van der Waals surface area contributed by atoms with Crippen LogP contribution in [-0.2, 0) is 16.0 Å². The molecule has 0 unspecified atom stereocenters. The van der Waals surface area contributed by atoms with Gasteiger partial charge in [0.05, 0.1) is 5.69 Å². The van der Waals surface area contributed by atoms with E-state index >= 15 is 0 Å². The quantitative estimate of drug-likeness (QED) is 0.600. The summed E-state index contributed by atoms with van der Waals surface area (Å²) in [5.41, 5.74) is 2.10. The second kappa shape index (κ2) is 8.34. The van der Waals surface area contributed by atoms with Gasteiger partial charge >= 0.3 is 0 Å². The lowest BCUT2D eigenvalue weighted by Crippen LogP contribution is -2.32. The fourth-order valence-electron chi connectivity index (χ4n) is 2.81. The molecule has 2 aromatic rings. The van der Waals surface area contributed by atoms with E-state index in [1.54, 1.807) is 30.3 Å². The van der Waals surface area contributed by atoms with Crippen molar-refractivity contribution in [2.24, 2.45) is 0 Å². The Hall–Kier alpha value is -2.01. The summed E-state index contributed by atoms with van der Waals surface area (Å²) in [4.78, 5) is 26.4. The van der Waals surface area contributed by atoms with Gasteiger partial charge in [-0.05, 0) is 48.7 Å². The highest BCUT2D eigenvalue weighted by molar-refractivity contribution is 6.53. The van der Waals surface area contributed by atoms with Crippen molar-refractivity contribution in [1.82, 2.24) is 0 Å². The van der Waals surface area contributed by atoms with E-state index in [9.17, 15) is 9.59 Å². The Kier molecular flexibility index (Phi) is 6.10. The Morgan fingerprint density at radius 2 is 1.56 bits per heavy atom. The third kappa shape index (κ3) is 4.29. The Bertz CT molecular complexity index is 903. The third-order valence-electron chi connectivity index (χ3n) is 4.17. The summed E-state index contributed by atoms with van der Waals surface area (Å²) in [5, 5.41) is 3.49. The smallest absolute Gasteiger partial charge is 0.283 e. The maximum absolute atomic E-state index is 12.8. The number of imide groups is 1. The number of rotatable bonds is 6. The second-order valence-electron chi connectivity index (χ2n) is 6.19. The van der Waals surface area contributed by atoms with Crippen LogP contribution in [0.3, 0.4) is 0 Å². The molecule has 0 saturated heterocycles. The van der Waals surface area contributed by atoms with Gasteiger partial charge in [-0.15, -0.1) is 0 Å². The van der Waals surface area contributed by atoms with Crippen LogP contribution >= 0.6 is 34.8 Å². The molecule has 1 N–H and O–H groups in total. The van der Waals surface area contributed by atoms with Crippen molar-refractivity contribution in [3.05, 3.63) is 68.8 Å². The third-order valence-corrected chi connectivity index (χ3v) is 4.96.